The maximum Gasteiger partial charge on any atom is 0.232 e. The lowest BCUT2D eigenvalue weighted by Crippen LogP contribution is -2.35. The van der Waals surface area contributed by atoms with E-state index in [0.29, 0.717) is 18.4 Å². The quantitative estimate of drug-likeness (QED) is 0.932. The van der Waals surface area contributed by atoms with Crippen LogP contribution < -0.4 is 0 Å². The normalized spacial score (nSPS) is 18.7. The Morgan fingerprint density at radius 1 is 1.21 bits per heavy atom. The average Bonchev–Trinajstić information content (AvgIpc) is 3.05. The van der Waals surface area contributed by atoms with E-state index in [9.17, 15) is 5.11 Å². The Balaban J connectivity index is 1.53. The minimum Gasteiger partial charge on any atom is -0.388 e. The third-order valence-electron chi connectivity index (χ3n) is 4.69. The summed E-state index contributed by atoms with van der Waals surface area (Å²) in [5.74, 6) is 1.76. The Labute approximate surface area is 143 Å². The van der Waals surface area contributed by atoms with Crippen LogP contribution in [0.1, 0.15) is 57.0 Å². The summed E-state index contributed by atoms with van der Waals surface area (Å²) >= 11 is 0. The fourth-order valence-corrected chi connectivity index (χ4v) is 3.17. The molecule has 1 fully saturated rings. The molecule has 5 heteroatoms. The second-order valence-electron chi connectivity index (χ2n) is 7.73. The van der Waals surface area contributed by atoms with Crippen molar-refractivity contribution >= 4 is 0 Å². The molecule has 1 saturated heterocycles. The predicted molar refractivity (Wildman–Crippen MR) is 92.4 cm³/mol. The van der Waals surface area contributed by atoms with Crippen LogP contribution in [-0.2, 0) is 12.0 Å². The molecule has 0 amide bonds. The number of rotatable bonds is 4. The van der Waals surface area contributed by atoms with Gasteiger partial charge in [-0.3, -0.25) is 4.90 Å². The van der Waals surface area contributed by atoms with Crippen molar-refractivity contribution in [1.29, 1.82) is 0 Å². The van der Waals surface area contributed by atoms with Gasteiger partial charge in [-0.25, -0.2) is 0 Å². The number of aliphatic hydroxyl groups is 1. The first-order valence-corrected chi connectivity index (χ1v) is 8.72. The van der Waals surface area contributed by atoms with Gasteiger partial charge >= 0.3 is 0 Å². The summed E-state index contributed by atoms with van der Waals surface area (Å²) in [7, 11) is 0. The molecule has 2 heterocycles. The van der Waals surface area contributed by atoms with Crippen molar-refractivity contribution in [3.8, 4) is 0 Å². The lowest BCUT2D eigenvalue weighted by molar-refractivity contribution is 0.0558. The highest BCUT2D eigenvalue weighted by molar-refractivity contribution is 5.18. The van der Waals surface area contributed by atoms with E-state index >= 15 is 0 Å². The first-order valence-electron chi connectivity index (χ1n) is 8.72. The second-order valence-corrected chi connectivity index (χ2v) is 7.73. The largest absolute Gasteiger partial charge is 0.388 e. The maximum absolute atomic E-state index is 10.6. The number of hydrogen-bond donors (Lipinski definition) is 1. The molecule has 0 aliphatic carbocycles. The van der Waals surface area contributed by atoms with E-state index in [2.05, 4.69) is 35.8 Å². The highest BCUT2D eigenvalue weighted by atomic mass is 16.5. The Bertz CT molecular complexity index is 640. The van der Waals surface area contributed by atoms with Gasteiger partial charge in [-0.1, -0.05) is 56.3 Å². The summed E-state index contributed by atoms with van der Waals surface area (Å²) in [6.45, 7) is 8.83. The Hall–Kier alpha value is -1.72. The third kappa shape index (κ3) is 4.02. The van der Waals surface area contributed by atoms with E-state index in [-0.39, 0.29) is 11.5 Å². The van der Waals surface area contributed by atoms with E-state index in [1.54, 1.807) is 0 Å². The van der Waals surface area contributed by atoms with E-state index in [4.69, 9.17) is 4.52 Å². The van der Waals surface area contributed by atoms with Gasteiger partial charge in [0.1, 0.15) is 0 Å². The van der Waals surface area contributed by atoms with Crippen molar-refractivity contribution in [3.05, 3.63) is 47.6 Å². The summed E-state index contributed by atoms with van der Waals surface area (Å²) < 4.78 is 5.36. The fraction of sp³-hybridized carbons (Fsp3) is 0.579. The number of aromatic nitrogens is 2. The zero-order chi connectivity index (χ0) is 17.2. The SMILES string of the molecule is CC(C)(C)c1nc(CN2CCC([C@@H](O)c3ccccc3)CC2)no1. The molecule has 3 rings (SSSR count). The molecule has 1 aromatic heterocycles. The molecule has 2 aromatic rings. The predicted octanol–water partition coefficient (Wildman–Crippen LogP) is 3.31. The van der Waals surface area contributed by atoms with E-state index < -0.39 is 0 Å². The van der Waals surface area contributed by atoms with Crippen LogP contribution in [0, 0.1) is 5.92 Å². The highest BCUT2D eigenvalue weighted by Gasteiger charge is 2.27. The van der Waals surface area contributed by atoms with Crippen molar-refractivity contribution in [1.82, 2.24) is 15.0 Å². The molecule has 0 saturated carbocycles. The number of likely N-dealkylation sites (tertiary alicyclic amines) is 1. The van der Waals surface area contributed by atoms with Gasteiger partial charge in [-0.15, -0.1) is 0 Å². The van der Waals surface area contributed by atoms with Crippen LogP contribution in [0.25, 0.3) is 0 Å². The van der Waals surface area contributed by atoms with Crippen LogP contribution in [0.15, 0.2) is 34.9 Å². The van der Waals surface area contributed by atoms with Crippen LogP contribution in [-0.4, -0.2) is 33.2 Å². The molecule has 5 nitrogen and oxygen atoms in total. The zero-order valence-corrected chi connectivity index (χ0v) is 14.8. The van der Waals surface area contributed by atoms with Crippen molar-refractivity contribution < 1.29 is 9.63 Å². The molecule has 1 aliphatic rings. The molecule has 0 spiro atoms. The molecule has 130 valence electrons. The van der Waals surface area contributed by atoms with Gasteiger partial charge in [-0.05, 0) is 37.4 Å². The molecule has 24 heavy (non-hydrogen) atoms. The monoisotopic (exact) mass is 329 g/mol. The Morgan fingerprint density at radius 2 is 1.88 bits per heavy atom. The van der Waals surface area contributed by atoms with Crippen LogP contribution in [0.3, 0.4) is 0 Å². The third-order valence-corrected chi connectivity index (χ3v) is 4.69. The molecular formula is C19H27N3O2. The first-order chi connectivity index (χ1) is 11.4. The van der Waals surface area contributed by atoms with Crippen LogP contribution in [0.2, 0.25) is 0 Å². The Morgan fingerprint density at radius 3 is 2.46 bits per heavy atom. The molecule has 1 aromatic carbocycles. The van der Waals surface area contributed by atoms with Gasteiger partial charge in [-0.2, -0.15) is 4.98 Å². The first kappa shape index (κ1) is 17.1. The molecule has 1 atom stereocenters. The van der Waals surface area contributed by atoms with Crippen LogP contribution >= 0.6 is 0 Å². The van der Waals surface area contributed by atoms with Crippen molar-refractivity contribution in [2.75, 3.05) is 13.1 Å². The van der Waals surface area contributed by atoms with E-state index in [1.165, 1.54) is 0 Å². The summed E-state index contributed by atoms with van der Waals surface area (Å²) in [6, 6.07) is 9.96. The van der Waals surface area contributed by atoms with Gasteiger partial charge in [0, 0.05) is 5.41 Å². The maximum atomic E-state index is 10.6. The topological polar surface area (TPSA) is 62.4 Å². The number of nitrogens with zero attached hydrogens (tertiary/aromatic N) is 3. The molecule has 1 aliphatic heterocycles. The molecule has 1 N–H and O–H groups in total. The summed E-state index contributed by atoms with van der Waals surface area (Å²) in [6.07, 6.45) is 1.60. The summed E-state index contributed by atoms with van der Waals surface area (Å²) in [5.41, 5.74) is 0.904. The lowest BCUT2D eigenvalue weighted by Gasteiger charge is -2.33. The Kier molecular flexibility index (Phi) is 5.01. The van der Waals surface area contributed by atoms with Gasteiger partial charge in [0.25, 0.3) is 0 Å². The molecular weight excluding hydrogens is 302 g/mol. The van der Waals surface area contributed by atoms with Crippen molar-refractivity contribution in [2.24, 2.45) is 5.92 Å². The number of aliphatic hydroxyl groups excluding tert-OH is 1. The van der Waals surface area contributed by atoms with Crippen LogP contribution in [0.5, 0.6) is 0 Å². The van der Waals surface area contributed by atoms with Gasteiger partial charge < -0.3 is 9.63 Å². The second kappa shape index (κ2) is 7.03. The lowest BCUT2D eigenvalue weighted by atomic mass is 9.87. The minimum atomic E-state index is -0.369. The zero-order valence-electron chi connectivity index (χ0n) is 14.8. The average molecular weight is 329 g/mol. The summed E-state index contributed by atoms with van der Waals surface area (Å²) in [5, 5.41) is 14.7. The van der Waals surface area contributed by atoms with Crippen molar-refractivity contribution in [3.63, 3.8) is 0 Å². The summed E-state index contributed by atoms with van der Waals surface area (Å²) in [4.78, 5) is 6.85. The molecule has 0 radical (unpaired) electrons. The highest BCUT2D eigenvalue weighted by Crippen LogP contribution is 2.31. The minimum absolute atomic E-state index is 0.113. The van der Waals surface area contributed by atoms with E-state index in [1.807, 2.05) is 30.3 Å². The van der Waals surface area contributed by atoms with Gasteiger partial charge in [0.15, 0.2) is 5.82 Å². The molecule has 0 unspecified atom stereocenters. The number of piperidine rings is 1. The standard InChI is InChI=1S/C19H27N3O2/c1-19(2,3)18-20-16(21-24-18)13-22-11-9-15(10-12-22)17(23)14-7-5-4-6-8-14/h4-8,15,17,23H,9-13H2,1-3H3/t17-/m0/s1. The molecule has 0 bridgehead atoms. The number of benzene rings is 1. The van der Waals surface area contributed by atoms with E-state index in [0.717, 1.165) is 37.3 Å². The van der Waals surface area contributed by atoms with Crippen molar-refractivity contribution in [2.45, 2.75) is 51.7 Å². The van der Waals surface area contributed by atoms with Gasteiger partial charge in [0.05, 0.1) is 12.6 Å². The number of hydrogen-bond acceptors (Lipinski definition) is 5. The smallest absolute Gasteiger partial charge is 0.232 e. The fourth-order valence-electron chi connectivity index (χ4n) is 3.17. The van der Waals surface area contributed by atoms with Gasteiger partial charge in [0.2, 0.25) is 5.89 Å². The van der Waals surface area contributed by atoms with Crippen LogP contribution in [0.4, 0.5) is 0 Å².